The van der Waals surface area contributed by atoms with Gasteiger partial charge in [0.2, 0.25) is 0 Å². The molecule has 1 aromatic heterocycles. The number of benzene rings is 1. The van der Waals surface area contributed by atoms with E-state index in [1.165, 1.54) is 23.3 Å². The van der Waals surface area contributed by atoms with E-state index in [9.17, 15) is 0 Å². The highest BCUT2D eigenvalue weighted by Crippen LogP contribution is 2.27. The largest absolute Gasteiger partial charge is 0.376 e. The van der Waals surface area contributed by atoms with Crippen LogP contribution in [0.5, 0.6) is 0 Å². The molecule has 6 nitrogen and oxygen atoms in total. The number of rotatable bonds is 6. The number of nitrogens with one attached hydrogen (secondary N) is 1. The monoisotopic (exact) mass is 442 g/mol. The minimum Gasteiger partial charge on any atom is -0.376 e. The summed E-state index contributed by atoms with van der Waals surface area (Å²) in [6, 6.07) is 10.4. The summed E-state index contributed by atoms with van der Waals surface area (Å²) in [7, 11) is 1.86. The van der Waals surface area contributed by atoms with Crippen LogP contribution in [0.1, 0.15) is 42.7 Å². The molecular formula is C24H34N4O2S. The van der Waals surface area contributed by atoms with Gasteiger partial charge in [-0.1, -0.05) is 30.3 Å². The van der Waals surface area contributed by atoms with Crippen LogP contribution in [0.4, 0.5) is 0 Å². The SMILES string of the molecule is CN=C(NCc1sc(-c2ccccc2)nc1C)N1CCC(OCC2CCCCO2)CC1. The van der Waals surface area contributed by atoms with E-state index in [0.29, 0.717) is 12.2 Å². The topological polar surface area (TPSA) is 59.0 Å². The quantitative estimate of drug-likeness (QED) is 0.536. The van der Waals surface area contributed by atoms with Crippen molar-refractivity contribution in [2.75, 3.05) is 33.4 Å². The first-order valence-electron chi connectivity index (χ1n) is 11.4. The predicted octanol–water partition coefficient (Wildman–Crippen LogP) is 4.24. The van der Waals surface area contributed by atoms with Gasteiger partial charge in [-0.15, -0.1) is 11.3 Å². The Morgan fingerprint density at radius 3 is 2.74 bits per heavy atom. The second-order valence-corrected chi connectivity index (χ2v) is 9.39. The third kappa shape index (κ3) is 6.05. The molecule has 0 spiro atoms. The van der Waals surface area contributed by atoms with Crippen LogP contribution >= 0.6 is 11.3 Å². The molecule has 2 aliphatic heterocycles. The number of ether oxygens (including phenoxy) is 2. The van der Waals surface area contributed by atoms with Gasteiger partial charge in [0.1, 0.15) is 5.01 Å². The molecule has 1 N–H and O–H groups in total. The number of guanidine groups is 1. The van der Waals surface area contributed by atoms with Crippen molar-refractivity contribution < 1.29 is 9.47 Å². The van der Waals surface area contributed by atoms with Crippen LogP contribution in [0, 0.1) is 6.92 Å². The van der Waals surface area contributed by atoms with Gasteiger partial charge in [-0.05, 0) is 39.0 Å². The maximum Gasteiger partial charge on any atom is 0.193 e. The average molecular weight is 443 g/mol. The van der Waals surface area contributed by atoms with E-state index in [4.69, 9.17) is 14.5 Å². The number of hydrogen-bond acceptors (Lipinski definition) is 5. The van der Waals surface area contributed by atoms with Crippen molar-refractivity contribution in [2.45, 2.75) is 57.8 Å². The van der Waals surface area contributed by atoms with Crippen LogP contribution < -0.4 is 5.32 Å². The van der Waals surface area contributed by atoms with Gasteiger partial charge in [-0.25, -0.2) is 4.98 Å². The van der Waals surface area contributed by atoms with E-state index in [0.717, 1.165) is 68.8 Å². The molecule has 168 valence electrons. The number of nitrogens with zero attached hydrogens (tertiary/aromatic N) is 3. The lowest BCUT2D eigenvalue weighted by molar-refractivity contribution is -0.0721. The van der Waals surface area contributed by atoms with E-state index in [1.807, 2.05) is 13.1 Å². The highest BCUT2D eigenvalue weighted by molar-refractivity contribution is 7.15. The fraction of sp³-hybridized carbons (Fsp3) is 0.583. The maximum atomic E-state index is 6.16. The summed E-state index contributed by atoms with van der Waals surface area (Å²) in [6.45, 7) is 6.40. The number of aromatic nitrogens is 1. The number of hydrogen-bond donors (Lipinski definition) is 1. The highest BCUT2D eigenvalue weighted by atomic mass is 32.1. The molecule has 31 heavy (non-hydrogen) atoms. The summed E-state index contributed by atoms with van der Waals surface area (Å²) in [5, 5.41) is 4.62. The van der Waals surface area contributed by atoms with Crippen LogP contribution in [-0.4, -0.2) is 61.4 Å². The summed E-state index contributed by atoms with van der Waals surface area (Å²) < 4.78 is 11.9. The number of piperidine rings is 1. The minimum atomic E-state index is 0.296. The number of thiazole rings is 1. The minimum absolute atomic E-state index is 0.296. The molecule has 0 saturated carbocycles. The van der Waals surface area contributed by atoms with Crippen LogP contribution in [0.3, 0.4) is 0 Å². The van der Waals surface area contributed by atoms with E-state index < -0.39 is 0 Å². The van der Waals surface area contributed by atoms with Crippen molar-refractivity contribution >= 4 is 17.3 Å². The first kappa shape index (κ1) is 22.2. The number of likely N-dealkylation sites (tertiary alicyclic amines) is 1. The molecule has 1 atom stereocenters. The first-order valence-corrected chi connectivity index (χ1v) is 12.2. The zero-order valence-corrected chi connectivity index (χ0v) is 19.5. The normalized spacial score (nSPS) is 20.8. The molecule has 0 radical (unpaired) electrons. The molecule has 2 aromatic rings. The van der Waals surface area contributed by atoms with Crippen LogP contribution in [0.15, 0.2) is 35.3 Å². The third-order valence-corrected chi connectivity index (χ3v) is 7.27. The Bertz CT molecular complexity index is 841. The van der Waals surface area contributed by atoms with Crippen molar-refractivity contribution in [3.05, 3.63) is 40.9 Å². The maximum absolute atomic E-state index is 6.16. The van der Waals surface area contributed by atoms with Crippen molar-refractivity contribution in [2.24, 2.45) is 4.99 Å². The van der Waals surface area contributed by atoms with Crippen molar-refractivity contribution in [3.63, 3.8) is 0 Å². The van der Waals surface area contributed by atoms with Gasteiger partial charge < -0.3 is 19.7 Å². The van der Waals surface area contributed by atoms with Crippen LogP contribution in [0.2, 0.25) is 0 Å². The molecule has 2 aliphatic rings. The van der Waals surface area contributed by atoms with Crippen molar-refractivity contribution in [1.29, 1.82) is 0 Å². The number of aryl methyl sites for hydroxylation is 1. The Labute approximate surface area is 189 Å². The lowest BCUT2D eigenvalue weighted by Crippen LogP contribution is -2.47. The van der Waals surface area contributed by atoms with Crippen LogP contribution in [-0.2, 0) is 16.0 Å². The fourth-order valence-corrected chi connectivity index (χ4v) is 5.21. The van der Waals surface area contributed by atoms with Crippen LogP contribution in [0.25, 0.3) is 10.6 Å². The third-order valence-electron chi connectivity index (χ3n) is 6.07. The predicted molar refractivity (Wildman–Crippen MR) is 127 cm³/mol. The van der Waals surface area contributed by atoms with Gasteiger partial charge in [0.25, 0.3) is 0 Å². The van der Waals surface area contributed by atoms with E-state index in [2.05, 4.69) is 46.4 Å². The summed E-state index contributed by atoms with van der Waals surface area (Å²) in [5.41, 5.74) is 2.26. The number of aliphatic imine (C=N–C) groups is 1. The molecule has 1 aromatic carbocycles. The molecule has 4 rings (SSSR count). The van der Waals surface area contributed by atoms with E-state index in [-0.39, 0.29) is 0 Å². The molecule has 0 aliphatic carbocycles. The van der Waals surface area contributed by atoms with Gasteiger partial charge in [-0.2, -0.15) is 0 Å². The summed E-state index contributed by atoms with van der Waals surface area (Å²) in [6.07, 6.45) is 6.28. The summed E-state index contributed by atoms with van der Waals surface area (Å²) >= 11 is 1.75. The fourth-order valence-electron chi connectivity index (χ4n) is 4.20. The lowest BCUT2D eigenvalue weighted by Gasteiger charge is -2.35. The molecule has 3 heterocycles. The van der Waals surface area contributed by atoms with E-state index in [1.54, 1.807) is 11.3 Å². The Balaban J connectivity index is 1.24. The Hall–Kier alpha value is -1.96. The van der Waals surface area contributed by atoms with Gasteiger partial charge in [0.15, 0.2) is 5.96 Å². The highest BCUT2D eigenvalue weighted by Gasteiger charge is 2.24. The Morgan fingerprint density at radius 1 is 1.23 bits per heavy atom. The molecule has 2 saturated heterocycles. The standard InChI is InChI=1S/C24H34N4O2S/c1-18-22(31-23(27-18)19-8-4-3-5-9-19)16-26-24(25-2)28-13-11-20(12-14-28)30-17-21-10-6-7-15-29-21/h3-5,8-9,20-21H,6-7,10-17H2,1-2H3,(H,25,26). The average Bonchev–Trinajstić information content (AvgIpc) is 3.20. The zero-order valence-electron chi connectivity index (χ0n) is 18.7. The summed E-state index contributed by atoms with van der Waals surface area (Å²) in [5.74, 6) is 0.961. The van der Waals surface area contributed by atoms with Gasteiger partial charge in [0.05, 0.1) is 31.1 Å². The molecule has 0 amide bonds. The summed E-state index contributed by atoms with van der Waals surface area (Å²) in [4.78, 5) is 12.9. The van der Waals surface area contributed by atoms with Crippen molar-refractivity contribution in [3.8, 4) is 10.6 Å². The lowest BCUT2D eigenvalue weighted by atomic mass is 10.1. The smallest absolute Gasteiger partial charge is 0.193 e. The van der Waals surface area contributed by atoms with Crippen molar-refractivity contribution in [1.82, 2.24) is 15.2 Å². The Kier molecular flexibility index (Phi) is 7.94. The van der Waals surface area contributed by atoms with Gasteiger partial charge in [-0.3, -0.25) is 4.99 Å². The first-order chi connectivity index (χ1) is 15.2. The molecular weight excluding hydrogens is 408 g/mol. The zero-order chi connectivity index (χ0) is 21.5. The second-order valence-electron chi connectivity index (χ2n) is 8.30. The molecule has 1 unspecified atom stereocenters. The van der Waals surface area contributed by atoms with E-state index >= 15 is 0 Å². The molecule has 7 heteroatoms. The van der Waals surface area contributed by atoms with Gasteiger partial charge >= 0.3 is 0 Å². The Morgan fingerprint density at radius 2 is 2.03 bits per heavy atom. The molecule has 0 bridgehead atoms. The second kappa shape index (κ2) is 11.1. The molecule has 2 fully saturated rings. The van der Waals surface area contributed by atoms with Gasteiger partial charge in [0, 0.05) is 37.2 Å².